The van der Waals surface area contributed by atoms with Crippen LogP contribution in [0.15, 0.2) is 6.20 Å². The molecule has 0 aliphatic heterocycles. The Morgan fingerprint density at radius 2 is 2.31 bits per heavy atom. The van der Waals surface area contributed by atoms with Gasteiger partial charge in [0.05, 0.1) is 17.7 Å². The van der Waals surface area contributed by atoms with E-state index in [0.29, 0.717) is 0 Å². The Balaban J connectivity index is 3.35. The quantitative estimate of drug-likeness (QED) is 0.833. The Kier molecular flexibility index (Phi) is 4.14. The molecule has 88 valence electrons. The average Bonchev–Trinajstić information content (AvgIpc) is 2.26. The van der Waals surface area contributed by atoms with Crippen molar-refractivity contribution in [2.24, 2.45) is 5.73 Å². The molecule has 1 heterocycles. The third-order valence-corrected chi connectivity index (χ3v) is 2.40. The molecule has 1 aromatic rings. The van der Waals surface area contributed by atoms with Crippen LogP contribution in [0.2, 0.25) is 5.02 Å². The largest absolute Gasteiger partial charge is 0.464 e. The minimum absolute atomic E-state index is 0.0614. The number of aromatic nitrogens is 1. The Morgan fingerprint density at radius 1 is 1.69 bits per heavy atom. The molecule has 0 bridgehead atoms. The second-order valence-electron chi connectivity index (χ2n) is 2.85. The van der Waals surface area contributed by atoms with Gasteiger partial charge in [0.2, 0.25) is 0 Å². The molecule has 0 amide bonds. The molecule has 16 heavy (non-hydrogen) atoms. The summed E-state index contributed by atoms with van der Waals surface area (Å²) in [4.78, 5) is 14.8. The summed E-state index contributed by atoms with van der Waals surface area (Å²) in [6, 6.07) is 0. The highest BCUT2D eigenvalue weighted by atomic mass is 35.5. The number of carbonyl (C=O) groups excluding carboxylic acids is 1. The molecule has 0 aromatic carbocycles. The van der Waals surface area contributed by atoms with Crippen LogP contribution in [0.3, 0.4) is 0 Å². The molecule has 1 rings (SSSR count). The van der Waals surface area contributed by atoms with E-state index in [0.717, 1.165) is 13.3 Å². The van der Waals surface area contributed by atoms with Crippen molar-refractivity contribution < 1.29 is 18.3 Å². The molecule has 0 radical (unpaired) electrons. The lowest BCUT2D eigenvalue weighted by Crippen LogP contribution is -2.13. The monoisotopic (exact) mass is 250 g/mol. The van der Waals surface area contributed by atoms with Crippen molar-refractivity contribution in [3.05, 3.63) is 28.0 Å². The third-order valence-electron chi connectivity index (χ3n) is 1.95. The minimum atomic E-state index is -2.77. The van der Waals surface area contributed by atoms with Crippen LogP contribution in [0.25, 0.3) is 0 Å². The lowest BCUT2D eigenvalue weighted by molar-refractivity contribution is 0.0592. The zero-order chi connectivity index (χ0) is 12.3. The molecule has 0 unspecified atom stereocenters. The average molecular weight is 251 g/mol. The van der Waals surface area contributed by atoms with Gasteiger partial charge in [-0.2, -0.15) is 0 Å². The minimum Gasteiger partial charge on any atom is -0.464 e. The summed E-state index contributed by atoms with van der Waals surface area (Å²) in [6.07, 6.45) is -1.92. The molecular formula is C9H9ClF2N2O2. The number of hydrogen-bond donors (Lipinski definition) is 1. The van der Waals surface area contributed by atoms with Crippen LogP contribution in [0.5, 0.6) is 0 Å². The van der Waals surface area contributed by atoms with Gasteiger partial charge in [0.1, 0.15) is 0 Å². The molecule has 0 aliphatic carbocycles. The Hall–Kier alpha value is -1.27. The van der Waals surface area contributed by atoms with Gasteiger partial charge in [0.25, 0.3) is 6.43 Å². The highest BCUT2D eigenvalue weighted by molar-refractivity contribution is 6.32. The topological polar surface area (TPSA) is 65.2 Å². The smallest absolute Gasteiger partial charge is 0.357 e. The van der Waals surface area contributed by atoms with Crippen molar-refractivity contribution in [2.75, 3.05) is 7.11 Å². The first kappa shape index (κ1) is 12.8. The number of carbonyl (C=O) groups is 1. The van der Waals surface area contributed by atoms with Crippen LogP contribution >= 0.6 is 11.6 Å². The molecule has 0 aliphatic rings. The first-order chi connectivity index (χ1) is 7.52. The fourth-order valence-corrected chi connectivity index (χ4v) is 1.46. The van der Waals surface area contributed by atoms with E-state index in [1.165, 1.54) is 0 Å². The van der Waals surface area contributed by atoms with E-state index >= 15 is 0 Å². The number of esters is 1. The summed E-state index contributed by atoms with van der Waals surface area (Å²) in [5.74, 6) is -0.761. The molecule has 0 spiro atoms. The summed E-state index contributed by atoms with van der Waals surface area (Å²) in [6.45, 7) is -0.170. The number of nitrogens with zero attached hydrogens (tertiary/aromatic N) is 1. The van der Waals surface area contributed by atoms with E-state index in [2.05, 4.69) is 9.72 Å². The molecule has 0 saturated carbocycles. The lowest BCUT2D eigenvalue weighted by atomic mass is 10.1. The van der Waals surface area contributed by atoms with Crippen molar-refractivity contribution in [3.8, 4) is 0 Å². The number of alkyl halides is 2. The molecule has 7 heteroatoms. The first-order valence-electron chi connectivity index (χ1n) is 4.26. The van der Waals surface area contributed by atoms with Gasteiger partial charge in [0, 0.05) is 18.3 Å². The summed E-state index contributed by atoms with van der Waals surface area (Å²) in [5, 5.41) is -0.243. The van der Waals surface area contributed by atoms with E-state index in [1.54, 1.807) is 0 Å². The normalized spacial score (nSPS) is 10.6. The number of ether oxygens (including phenoxy) is 1. The number of rotatable bonds is 3. The maximum atomic E-state index is 12.5. The molecule has 4 nitrogen and oxygen atoms in total. The third kappa shape index (κ3) is 2.28. The van der Waals surface area contributed by atoms with Gasteiger partial charge in [-0.05, 0) is 0 Å². The summed E-state index contributed by atoms with van der Waals surface area (Å²) in [5.41, 5.74) is 4.81. The van der Waals surface area contributed by atoms with Crippen molar-refractivity contribution in [2.45, 2.75) is 13.0 Å². The standard InChI is InChI=1S/C9H9ClF2N2O2/c1-16-9(15)7-4(2-13)6(10)5(3-14-7)8(11)12/h3,8H,2,13H2,1H3. The van der Waals surface area contributed by atoms with Crippen LogP contribution in [0.4, 0.5) is 8.78 Å². The van der Waals surface area contributed by atoms with E-state index < -0.39 is 18.0 Å². The summed E-state index contributed by atoms with van der Waals surface area (Å²) in [7, 11) is 1.15. The second-order valence-corrected chi connectivity index (χ2v) is 3.23. The molecular weight excluding hydrogens is 242 g/mol. The maximum Gasteiger partial charge on any atom is 0.357 e. The van der Waals surface area contributed by atoms with Gasteiger partial charge in [-0.15, -0.1) is 0 Å². The van der Waals surface area contributed by atoms with Gasteiger partial charge in [-0.3, -0.25) is 0 Å². The Labute approximate surface area is 95.4 Å². The van der Waals surface area contributed by atoms with Gasteiger partial charge in [0.15, 0.2) is 5.69 Å². The zero-order valence-electron chi connectivity index (χ0n) is 8.34. The Morgan fingerprint density at radius 3 is 2.75 bits per heavy atom. The number of hydrogen-bond acceptors (Lipinski definition) is 4. The summed E-state index contributed by atoms with van der Waals surface area (Å²) >= 11 is 5.70. The highest BCUT2D eigenvalue weighted by Gasteiger charge is 2.22. The zero-order valence-corrected chi connectivity index (χ0v) is 9.09. The van der Waals surface area contributed by atoms with E-state index in [9.17, 15) is 13.6 Å². The van der Waals surface area contributed by atoms with Gasteiger partial charge in [-0.1, -0.05) is 11.6 Å². The van der Waals surface area contributed by atoms with Gasteiger partial charge in [-0.25, -0.2) is 18.6 Å². The van der Waals surface area contributed by atoms with Crippen molar-refractivity contribution in [1.82, 2.24) is 4.98 Å². The number of methoxy groups -OCH3 is 1. The van der Waals surface area contributed by atoms with Crippen LogP contribution in [-0.4, -0.2) is 18.1 Å². The van der Waals surface area contributed by atoms with Crippen LogP contribution < -0.4 is 5.73 Å². The predicted molar refractivity (Wildman–Crippen MR) is 53.4 cm³/mol. The maximum absolute atomic E-state index is 12.5. The van der Waals surface area contributed by atoms with Gasteiger partial charge < -0.3 is 10.5 Å². The molecule has 2 N–H and O–H groups in total. The van der Waals surface area contributed by atoms with E-state index in [-0.39, 0.29) is 22.8 Å². The van der Waals surface area contributed by atoms with E-state index in [4.69, 9.17) is 17.3 Å². The lowest BCUT2D eigenvalue weighted by Gasteiger charge is -2.10. The fraction of sp³-hybridized carbons (Fsp3) is 0.333. The van der Waals surface area contributed by atoms with Crippen LogP contribution in [0.1, 0.15) is 28.0 Å². The second kappa shape index (κ2) is 5.18. The van der Waals surface area contributed by atoms with Crippen LogP contribution in [-0.2, 0) is 11.3 Å². The first-order valence-corrected chi connectivity index (χ1v) is 4.64. The molecule has 0 atom stereocenters. The SMILES string of the molecule is COC(=O)c1ncc(C(F)F)c(Cl)c1CN. The predicted octanol–water partition coefficient (Wildman–Crippen LogP) is 1.92. The van der Waals surface area contributed by atoms with Crippen molar-refractivity contribution in [3.63, 3.8) is 0 Å². The van der Waals surface area contributed by atoms with Crippen molar-refractivity contribution in [1.29, 1.82) is 0 Å². The Bertz CT molecular complexity index is 413. The number of halogens is 3. The van der Waals surface area contributed by atoms with E-state index in [1.807, 2.05) is 0 Å². The molecule has 0 fully saturated rings. The molecule has 0 saturated heterocycles. The number of nitrogens with two attached hydrogens (primary N) is 1. The molecule has 1 aromatic heterocycles. The van der Waals surface area contributed by atoms with Crippen LogP contribution in [0, 0.1) is 0 Å². The fourth-order valence-electron chi connectivity index (χ4n) is 1.16. The van der Waals surface area contributed by atoms with Crippen molar-refractivity contribution >= 4 is 17.6 Å². The van der Waals surface area contributed by atoms with Gasteiger partial charge >= 0.3 is 5.97 Å². The number of pyridine rings is 1. The summed E-state index contributed by atoms with van der Waals surface area (Å²) < 4.78 is 29.4. The highest BCUT2D eigenvalue weighted by Crippen LogP contribution is 2.30.